The number of aliphatic carboxylic acids is 1. The van der Waals surface area contributed by atoms with Crippen LogP contribution in [0.3, 0.4) is 0 Å². The van der Waals surface area contributed by atoms with Crippen LogP contribution in [0.2, 0.25) is 5.02 Å². The van der Waals surface area contributed by atoms with Gasteiger partial charge in [-0.2, -0.15) is 0 Å². The molecule has 0 radical (unpaired) electrons. The number of carboxylic acid groups (broad SMARTS) is 1. The molecule has 0 aromatic heterocycles. The second kappa shape index (κ2) is 5.76. The average Bonchev–Trinajstić information content (AvgIpc) is 2.42. The van der Waals surface area contributed by atoms with Crippen molar-refractivity contribution in [3.63, 3.8) is 0 Å². The van der Waals surface area contributed by atoms with Crippen LogP contribution >= 0.6 is 11.6 Å². The van der Waals surface area contributed by atoms with Crippen molar-refractivity contribution < 1.29 is 23.8 Å². The summed E-state index contributed by atoms with van der Waals surface area (Å²) in [6.45, 7) is 0.521. The molecule has 1 aliphatic heterocycles. The van der Waals surface area contributed by atoms with E-state index in [1.54, 1.807) is 0 Å². The first kappa shape index (κ1) is 14.7. The summed E-state index contributed by atoms with van der Waals surface area (Å²) < 4.78 is 18.2. The molecule has 108 valence electrons. The molecule has 1 aromatic rings. The minimum Gasteiger partial charge on any atom is -0.480 e. The number of ether oxygens (including phenoxy) is 1. The SMILES string of the molecule is O=C(NC1(C(=O)O)CCOCC1)c1ccc(F)c(Cl)c1. The third-order valence-corrected chi connectivity index (χ3v) is 3.58. The van der Waals surface area contributed by atoms with Crippen molar-refractivity contribution in [3.05, 3.63) is 34.6 Å². The van der Waals surface area contributed by atoms with Crippen LogP contribution in [0.15, 0.2) is 18.2 Å². The Kier molecular flexibility index (Phi) is 4.25. The number of nitrogens with one attached hydrogen (secondary N) is 1. The van der Waals surface area contributed by atoms with Gasteiger partial charge >= 0.3 is 5.97 Å². The van der Waals surface area contributed by atoms with Gasteiger partial charge in [0.1, 0.15) is 11.4 Å². The van der Waals surface area contributed by atoms with Gasteiger partial charge in [-0.3, -0.25) is 4.79 Å². The first-order valence-corrected chi connectivity index (χ1v) is 6.41. The van der Waals surface area contributed by atoms with Gasteiger partial charge in [0.25, 0.3) is 5.91 Å². The number of amides is 1. The van der Waals surface area contributed by atoms with Crippen molar-refractivity contribution in [1.29, 1.82) is 0 Å². The fraction of sp³-hybridized carbons (Fsp3) is 0.385. The van der Waals surface area contributed by atoms with Crippen molar-refractivity contribution in [2.75, 3.05) is 13.2 Å². The third-order valence-electron chi connectivity index (χ3n) is 3.29. The van der Waals surface area contributed by atoms with Crippen molar-refractivity contribution >= 4 is 23.5 Å². The van der Waals surface area contributed by atoms with E-state index in [4.69, 9.17) is 16.3 Å². The van der Waals surface area contributed by atoms with E-state index in [1.807, 2.05) is 0 Å². The van der Waals surface area contributed by atoms with E-state index in [2.05, 4.69) is 5.32 Å². The molecule has 1 heterocycles. The lowest BCUT2D eigenvalue weighted by atomic mass is 9.89. The van der Waals surface area contributed by atoms with E-state index < -0.39 is 23.2 Å². The van der Waals surface area contributed by atoms with Crippen molar-refractivity contribution in [1.82, 2.24) is 5.32 Å². The van der Waals surface area contributed by atoms with Crippen LogP contribution in [0.25, 0.3) is 0 Å². The largest absolute Gasteiger partial charge is 0.480 e. The highest BCUT2D eigenvalue weighted by molar-refractivity contribution is 6.31. The number of carbonyl (C=O) groups is 2. The zero-order valence-electron chi connectivity index (χ0n) is 10.5. The fourth-order valence-electron chi connectivity index (χ4n) is 2.04. The van der Waals surface area contributed by atoms with Crippen molar-refractivity contribution in [2.45, 2.75) is 18.4 Å². The maximum absolute atomic E-state index is 13.1. The molecule has 0 saturated carbocycles. The van der Waals surface area contributed by atoms with Crippen molar-refractivity contribution in [3.8, 4) is 0 Å². The molecule has 1 saturated heterocycles. The summed E-state index contributed by atoms with van der Waals surface area (Å²) in [5, 5.41) is 11.6. The first-order chi connectivity index (χ1) is 9.44. The van der Waals surface area contributed by atoms with Gasteiger partial charge in [0.15, 0.2) is 0 Å². The Morgan fingerprint density at radius 2 is 2.00 bits per heavy atom. The summed E-state index contributed by atoms with van der Waals surface area (Å²) in [6, 6.07) is 3.49. The van der Waals surface area contributed by atoms with E-state index in [-0.39, 0.29) is 36.6 Å². The molecular weight excluding hydrogens is 289 g/mol. The monoisotopic (exact) mass is 301 g/mol. The highest BCUT2D eigenvalue weighted by atomic mass is 35.5. The first-order valence-electron chi connectivity index (χ1n) is 6.03. The molecule has 2 rings (SSSR count). The maximum atomic E-state index is 13.1. The van der Waals surface area contributed by atoms with E-state index >= 15 is 0 Å². The lowest BCUT2D eigenvalue weighted by molar-refractivity contribution is -0.148. The lowest BCUT2D eigenvalue weighted by Crippen LogP contribution is -2.57. The predicted octanol–water partition coefficient (Wildman–Crippen LogP) is 1.84. The summed E-state index contributed by atoms with van der Waals surface area (Å²) in [7, 11) is 0. The van der Waals surface area contributed by atoms with Gasteiger partial charge in [0.2, 0.25) is 0 Å². The van der Waals surface area contributed by atoms with E-state index in [0.717, 1.165) is 6.07 Å². The quantitative estimate of drug-likeness (QED) is 0.893. The third kappa shape index (κ3) is 2.91. The number of rotatable bonds is 3. The number of hydrogen-bond acceptors (Lipinski definition) is 3. The van der Waals surface area contributed by atoms with Gasteiger partial charge in [-0.1, -0.05) is 11.6 Å². The van der Waals surface area contributed by atoms with Gasteiger partial charge < -0.3 is 15.2 Å². The molecule has 1 fully saturated rings. The maximum Gasteiger partial charge on any atom is 0.329 e. The Bertz CT molecular complexity index is 543. The van der Waals surface area contributed by atoms with Gasteiger partial charge in [0.05, 0.1) is 5.02 Å². The molecule has 1 aliphatic rings. The van der Waals surface area contributed by atoms with Gasteiger partial charge in [-0.05, 0) is 18.2 Å². The van der Waals surface area contributed by atoms with E-state index in [1.165, 1.54) is 12.1 Å². The normalized spacial score (nSPS) is 17.5. The molecule has 0 atom stereocenters. The minimum atomic E-state index is -1.35. The highest BCUT2D eigenvalue weighted by Gasteiger charge is 2.41. The van der Waals surface area contributed by atoms with Gasteiger partial charge in [-0.15, -0.1) is 0 Å². The molecule has 0 aliphatic carbocycles. The van der Waals surface area contributed by atoms with Gasteiger partial charge in [-0.25, -0.2) is 9.18 Å². The summed E-state index contributed by atoms with van der Waals surface area (Å²) in [5.74, 6) is -2.35. The Morgan fingerprint density at radius 3 is 2.55 bits per heavy atom. The van der Waals surface area contributed by atoms with Gasteiger partial charge in [0, 0.05) is 31.6 Å². The molecule has 5 nitrogen and oxygen atoms in total. The van der Waals surface area contributed by atoms with Crippen LogP contribution in [-0.4, -0.2) is 35.7 Å². The average molecular weight is 302 g/mol. The molecule has 20 heavy (non-hydrogen) atoms. The molecule has 1 aromatic carbocycles. The number of hydrogen-bond donors (Lipinski definition) is 2. The molecule has 1 amide bonds. The summed E-state index contributed by atoms with van der Waals surface area (Å²) in [6.07, 6.45) is 0.367. The second-order valence-corrected chi connectivity index (χ2v) is 4.99. The Labute approximate surface area is 119 Å². The molecule has 7 heteroatoms. The Morgan fingerprint density at radius 1 is 1.35 bits per heavy atom. The topological polar surface area (TPSA) is 75.6 Å². The molecule has 0 bridgehead atoms. The fourth-order valence-corrected chi connectivity index (χ4v) is 2.22. The minimum absolute atomic E-state index is 0.114. The molecule has 2 N–H and O–H groups in total. The van der Waals surface area contributed by atoms with Crippen molar-refractivity contribution in [2.24, 2.45) is 0 Å². The predicted molar refractivity (Wildman–Crippen MR) is 69.3 cm³/mol. The van der Waals surface area contributed by atoms with Crippen LogP contribution in [0, 0.1) is 5.82 Å². The van der Waals surface area contributed by atoms with E-state index in [9.17, 15) is 19.1 Å². The summed E-state index contributed by atoms with van der Waals surface area (Å²) >= 11 is 5.61. The standard InChI is InChI=1S/C13H13ClFNO4/c14-9-7-8(1-2-10(9)15)11(17)16-13(12(18)19)3-5-20-6-4-13/h1-2,7H,3-6H2,(H,16,17)(H,18,19). The van der Waals surface area contributed by atoms with Crippen LogP contribution in [0.5, 0.6) is 0 Å². The molecule has 0 spiro atoms. The Hall–Kier alpha value is -1.66. The molecule has 0 unspecified atom stereocenters. The van der Waals surface area contributed by atoms with E-state index in [0.29, 0.717) is 0 Å². The summed E-state index contributed by atoms with van der Waals surface area (Å²) in [5.41, 5.74) is -1.24. The van der Waals surface area contributed by atoms with Crippen LogP contribution in [0.1, 0.15) is 23.2 Å². The number of halogens is 2. The lowest BCUT2D eigenvalue weighted by Gasteiger charge is -2.33. The Balaban J connectivity index is 2.20. The highest BCUT2D eigenvalue weighted by Crippen LogP contribution is 2.23. The van der Waals surface area contributed by atoms with Crippen LogP contribution in [-0.2, 0) is 9.53 Å². The zero-order chi connectivity index (χ0) is 14.8. The molecular formula is C13H13ClFNO4. The number of benzene rings is 1. The number of carbonyl (C=O) groups excluding carboxylic acids is 1. The van der Waals surface area contributed by atoms with Crippen LogP contribution < -0.4 is 5.32 Å². The van der Waals surface area contributed by atoms with Crippen LogP contribution in [0.4, 0.5) is 4.39 Å². The summed E-state index contributed by atoms with van der Waals surface area (Å²) in [4.78, 5) is 23.5. The number of carboxylic acids is 1. The smallest absolute Gasteiger partial charge is 0.329 e. The second-order valence-electron chi connectivity index (χ2n) is 4.58. The zero-order valence-corrected chi connectivity index (χ0v) is 11.2.